The molecule has 9 heteroatoms. The van der Waals surface area contributed by atoms with E-state index in [1.165, 1.54) is 6.07 Å². The predicted octanol–water partition coefficient (Wildman–Crippen LogP) is 1.16. The van der Waals surface area contributed by atoms with E-state index in [1.54, 1.807) is 19.9 Å². The summed E-state index contributed by atoms with van der Waals surface area (Å²) in [7, 11) is 0. The van der Waals surface area contributed by atoms with Crippen molar-refractivity contribution >= 4 is 23.2 Å². The average Bonchev–Trinajstić information content (AvgIpc) is 2.79. The van der Waals surface area contributed by atoms with Gasteiger partial charge in [0.2, 0.25) is 11.8 Å². The Morgan fingerprint density at radius 1 is 1.40 bits per heavy atom. The second-order valence-corrected chi connectivity index (χ2v) is 4.21. The van der Waals surface area contributed by atoms with Crippen LogP contribution in [0.25, 0.3) is 0 Å². The third kappa shape index (κ3) is 2.55. The molecule has 0 saturated carbocycles. The Morgan fingerprint density at radius 2 is 2.10 bits per heavy atom. The standard InChI is InChI=1S/C11H12N6O3/c1-5-3-6(2)8(17(19)20)4-7(5)13-10(18)9-14-11(12)16-15-9/h3-4H,1-2H3,(H,13,18)(H3,12,14,15,16). The highest BCUT2D eigenvalue weighted by Crippen LogP contribution is 2.26. The maximum Gasteiger partial charge on any atom is 0.293 e. The lowest BCUT2D eigenvalue weighted by atomic mass is 10.1. The van der Waals surface area contributed by atoms with E-state index in [0.29, 0.717) is 16.8 Å². The molecule has 2 rings (SSSR count). The van der Waals surface area contributed by atoms with E-state index in [0.717, 1.165) is 0 Å². The largest absolute Gasteiger partial charge is 0.366 e. The Bertz CT molecular complexity index is 693. The van der Waals surface area contributed by atoms with Crippen molar-refractivity contribution < 1.29 is 9.72 Å². The normalized spacial score (nSPS) is 10.3. The number of hydrogen-bond acceptors (Lipinski definition) is 6. The summed E-state index contributed by atoms with van der Waals surface area (Å²) in [6.45, 7) is 3.37. The quantitative estimate of drug-likeness (QED) is 0.567. The molecular weight excluding hydrogens is 264 g/mol. The van der Waals surface area contributed by atoms with Crippen LogP contribution in [-0.2, 0) is 0 Å². The van der Waals surface area contributed by atoms with Crippen molar-refractivity contribution in [2.24, 2.45) is 0 Å². The van der Waals surface area contributed by atoms with Crippen molar-refractivity contribution in [3.8, 4) is 0 Å². The van der Waals surface area contributed by atoms with E-state index in [-0.39, 0.29) is 17.5 Å². The Morgan fingerprint density at radius 3 is 2.65 bits per heavy atom. The Balaban J connectivity index is 2.31. The highest BCUT2D eigenvalue weighted by molar-refractivity contribution is 6.02. The van der Waals surface area contributed by atoms with Crippen LogP contribution in [0.2, 0.25) is 0 Å². The number of aryl methyl sites for hydroxylation is 2. The van der Waals surface area contributed by atoms with Gasteiger partial charge in [0.15, 0.2) is 0 Å². The van der Waals surface area contributed by atoms with Gasteiger partial charge >= 0.3 is 0 Å². The van der Waals surface area contributed by atoms with Crippen LogP contribution in [0.15, 0.2) is 12.1 Å². The van der Waals surface area contributed by atoms with E-state index in [9.17, 15) is 14.9 Å². The maximum atomic E-state index is 11.9. The van der Waals surface area contributed by atoms with Crippen molar-refractivity contribution in [2.45, 2.75) is 13.8 Å². The number of amides is 1. The van der Waals surface area contributed by atoms with E-state index >= 15 is 0 Å². The molecule has 0 bridgehead atoms. The van der Waals surface area contributed by atoms with Gasteiger partial charge in [-0.25, -0.2) is 0 Å². The zero-order valence-electron chi connectivity index (χ0n) is 10.8. The number of nitrogens with zero attached hydrogens (tertiary/aromatic N) is 3. The molecule has 0 spiro atoms. The SMILES string of the molecule is Cc1cc(C)c([N+](=O)[O-])cc1NC(=O)c1nc(N)n[nH]1. The van der Waals surface area contributed by atoms with Crippen molar-refractivity contribution in [1.82, 2.24) is 15.2 Å². The molecule has 0 aliphatic heterocycles. The Hall–Kier alpha value is -2.97. The molecule has 1 amide bonds. The molecule has 2 aromatic rings. The van der Waals surface area contributed by atoms with E-state index in [1.807, 2.05) is 0 Å². The number of anilines is 2. The maximum absolute atomic E-state index is 11.9. The molecule has 20 heavy (non-hydrogen) atoms. The number of aromatic amines is 1. The number of rotatable bonds is 3. The predicted molar refractivity (Wildman–Crippen MR) is 71.3 cm³/mol. The summed E-state index contributed by atoms with van der Waals surface area (Å²) < 4.78 is 0. The monoisotopic (exact) mass is 276 g/mol. The fourth-order valence-electron chi connectivity index (χ4n) is 1.73. The third-order valence-corrected chi connectivity index (χ3v) is 2.71. The minimum atomic E-state index is -0.574. The lowest BCUT2D eigenvalue weighted by molar-refractivity contribution is -0.385. The van der Waals surface area contributed by atoms with Crippen molar-refractivity contribution in [3.63, 3.8) is 0 Å². The summed E-state index contributed by atoms with van der Waals surface area (Å²) in [5, 5.41) is 19.3. The fourth-order valence-corrected chi connectivity index (χ4v) is 1.73. The highest BCUT2D eigenvalue weighted by Gasteiger charge is 2.17. The van der Waals surface area contributed by atoms with E-state index in [4.69, 9.17) is 5.73 Å². The van der Waals surface area contributed by atoms with Gasteiger partial charge in [0.05, 0.1) is 10.6 Å². The molecule has 104 valence electrons. The summed E-state index contributed by atoms with van der Waals surface area (Å²) >= 11 is 0. The summed E-state index contributed by atoms with van der Waals surface area (Å²) in [6.07, 6.45) is 0. The number of carbonyl (C=O) groups is 1. The topological polar surface area (TPSA) is 140 Å². The van der Waals surface area contributed by atoms with Gasteiger partial charge in [0.1, 0.15) is 0 Å². The van der Waals surface area contributed by atoms with Gasteiger partial charge in [0, 0.05) is 11.6 Å². The van der Waals surface area contributed by atoms with Crippen LogP contribution >= 0.6 is 0 Å². The molecule has 0 saturated heterocycles. The van der Waals surface area contributed by atoms with E-state index < -0.39 is 10.8 Å². The van der Waals surface area contributed by atoms with Gasteiger partial charge in [-0.1, -0.05) is 0 Å². The zero-order valence-corrected chi connectivity index (χ0v) is 10.8. The average molecular weight is 276 g/mol. The van der Waals surface area contributed by atoms with Crippen LogP contribution in [-0.4, -0.2) is 26.0 Å². The van der Waals surface area contributed by atoms with Crippen LogP contribution in [0.1, 0.15) is 21.7 Å². The molecule has 0 aliphatic carbocycles. The second-order valence-electron chi connectivity index (χ2n) is 4.21. The number of nitro groups is 1. The minimum absolute atomic E-state index is 0.0539. The van der Waals surface area contributed by atoms with Gasteiger partial charge in [-0.15, -0.1) is 5.10 Å². The molecule has 4 N–H and O–H groups in total. The second kappa shape index (κ2) is 4.96. The smallest absolute Gasteiger partial charge is 0.293 e. The van der Waals surface area contributed by atoms with Gasteiger partial charge in [0.25, 0.3) is 11.6 Å². The van der Waals surface area contributed by atoms with Crippen molar-refractivity contribution in [1.29, 1.82) is 0 Å². The number of nitrogens with two attached hydrogens (primary N) is 1. The Kier molecular flexibility index (Phi) is 3.34. The molecule has 0 atom stereocenters. The molecule has 0 radical (unpaired) electrons. The molecular formula is C11H12N6O3. The number of benzene rings is 1. The van der Waals surface area contributed by atoms with Crippen LogP contribution in [0, 0.1) is 24.0 Å². The van der Waals surface area contributed by atoms with Crippen molar-refractivity contribution in [3.05, 3.63) is 39.2 Å². The zero-order chi connectivity index (χ0) is 14.9. The first-order valence-corrected chi connectivity index (χ1v) is 5.63. The number of hydrogen-bond donors (Lipinski definition) is 3. The molecule has 1 heterocycles. The van der Waals surface area contributed by atoms with Gasteiger partial charge in [-0.05, 0) is 25.5 Å². The highest BCUT2D eigenvalue weighted by atomic mass is 16.6. The third-order valence-electron chi connectivity index (χ3n) is 2.71. The van der Waals surface area contributed by atoms with Gasteiger partial charge < -0.3 is 11.1 Å². The molecule has 1 aromatic heterocycles. The first-order chi connectivity index (χ1) is 9.38. The van der Waals surface area contributed by atoms with Crippen LogP contribution in [0.5, 0.6) is 0 Å². The number of nitro benzene ring substituents is 1. The van der Waals surface area contributed by atoms with Crippen LogP contribution in [0.3, 0.4) is 0 Å². The number of aromatic nitrogens is 3. The molecule has 9 nitrogen and oxygen atoms in total. The molecule has 0 unspecified atom stereocenters. The molecule has 0 aliphatic rings. The molecule has 0 fully saturated rings. The lowest BCUT2D eigenvalue weighted by Crippen LogP contribution is -2.15. The first kappa shape index (κ1) is 13.5. The lowest BCUT2D eigenvalue weighted by Gasteiger charge is -2.08. The Labute approximate surface area is 113 Å². The summed E-state index contributed by atoms with van der Waals surface area (Å²) in [4.78, 5) is 25.9. The number of nitrogen functional groups attached to an aromatic ring is 1. The number of H-pyrrole nitrogens is 1. The number of nitrogens with one attached hydrogen (secondary N) is 2. The van der Waals surface area contributed by atoms with Crippen LogP contribution < -0.4 is 11.1 Å². The van der Waals surface area contributed by atoms with E-state index in [2.05, 4.69) is 20.5 Å². The first-order valence-electron chi connectivity index (χ1n) is 5.63. The van der Waals surface area contributed by atoms with Crippen LogP contribution in [0.4, 0.5) is 17.3 Å². The van der Waals surface area contributed by atoms with Crippen molar-refractivity contribution in [2.75, 3.05) is 11.1 Å². The summed E-state index contributed by atoms with van der Waals surface area (Å²) in [5.41, 5.74) is 6.79. The summed E-state index contributed by atoms with van der Waals surface area (Å²) in [6, 6.07) is 2.94. The minimum Gasteiger partial charge on any atom is -0.366 e. The van der Waals surface area contributed by atoms with Gasteiger partial charge in [-0.2, -0.15) is 4.98 Å². The fraction of sp³-hybridized carbons (Fsp3) is 0.182. The van der Waals surface area contributed by atoms with Gasteiger partial charge in [-0.3, -0.25) is 20.0 Å². The molecule has 1 aromatic carbocycles. The summed E-state index contributed by atoms with van der Waals surface area (Å²) in [5.74, 6) is -0.692. The number of carbonyl (C=O) groups excluding carboxylic acids is 1.